The topological polar surface area (TPSA) is 25.8 Å². The Bertz CT molecular complexity index is 2750. The first-order valence-electron chi connectivity index (χ1n) is 19.0. The van der Waals surface area contributed by atoms with E-state index >= 15 is 0 Å². The van der Waals surface area contributed by atoms with Crippen LogP contribution < -0.4 is 0 Å². The smallest absolute Gasteiger partial charge is 0.0974 e. The highest BCUT2D eigenvalue weighted by Crippen LogP contribution is 2.50. The molecule has 2 heterocycles. The van der Waals surface area contributed by atoms with Crippen molar-refractivity contribution in [1.29, 1.82) is 0 Å². The van der Waals surface area contributed by atoms with Gasteiger partial charge in [0, 0.05) is 22.2 Å². The Morgan fingerprint density at radius 2 is 0.796 bits per heavy atom. The quantitative estimate of drug-likeness (QED) is 0.148. The van der Waals surface area contributed by atoms with Crippen molar-refractivity contribution in [1.82, 2.24) is 9.97 Å². The molecule has 54 heavy (non-hydrogen) atoms. The standard InChI is InChI=1S/C52H40N2/c1-3-42-30-28-39-29-31-44-45(33-43(4-2)54-52(44)51(39)53-42)40-26-17-27-41(32-40)47-34-46(35-18-9-5-10-19-35)48(36-20-11-6-12-21-36)50(38-24-15-8-16-25-38)49(47)37-22-13-7-14-23-37/h5-34H,3-4H2,1-2H3. The lowest BCUT2D eigenvalue weighted by atomic mass is 9.78. The van der Waals surface area contributed by atoms with Crippen LogP contribution in [0.5, 0.6) is 0 Å². The SMILES string of the molecule is CCc1ccc2ccc3c(-c4cccc(-c5cc(-c6ccccc6)c(-c6ccccc6)c(-c6ccccc6)c5-c5ccccc5)c4)cc(CC)nc3c2n1. The molecular formula is C52H40N2. The Morgan fingerprint density at radius 3 is 1.37 bits per heavy atom. The maximum Gasteiger partial charge on any atom is 0.0974 e. The molecule has 7 aromatic carbocycles. The highest BCUT2D eigenvalue weighted by molar-refractivity contribution is 6.10. The molecule has 0 saturated carbocycles. The summed E-state index contributed by atoms with van der Waals surface area (Å²) in [5.74, 6) is 0. The summed E-state index contributed by atoms with van der Waals surface area (Å²) in [6, 6.07) is 66.0. The van der Waals surface area contributed by atoms with Gasteiger partial charge >= 0.3 is 0 Å². The van der Waals surface area contributed by atoms with Crippen molar-refractivity contribution in [3.8, 4) is 66.8 Å². The molecular weight excluding hydrogens is 653 g/mol. The monoisotopic (exact) mass is 692 g/mol. The fourth-order valence-electron chi connectivity index (χ4n) is 7.89. The van der Waals surface area contributed by atoms with Gasteiger partial charge in [0.2, 0.25) is 0 Å². The second kappa shape index (κ2) is 14.4. The number of pyridine rings is 2. The van der Waals surface area contributed by atoms with Crippen molar-refractivity contribution in [3.63, 3.8) is 0 Å². The molecule has 258 valence electrons. The Labute approximate surface area is 317 Å². The normalized spacial score (nSPS) is 11.3. The molecule has 0 amide bonds. The van der Waals surface area contributed by atoms with Crippen LogP contribution in [0.1, 0.15) is 25.2 Å². The number of benzene rings is 7. The Morgan fingerprint density at radius 1 is 0.333 bits per heavy atom. The van der Waals surface area contributed by atoms with E-state index in [1.807, 2.05) is 0 Å². The summed E-state index contributed by atoms with van der Waals surface area (Å²) in [5.41, 5.74) is 18.4. The Hall–Kier alpha value is -6.64. The van der Waals surface area contributed by atoms with Crippen molar-refractivity contribution >= 4 is 21.8 Å². The summed E-state index contributed by atoms with van der Waals surface area (Å²) >= 11 is 0. The first kappa shape index (κ1) is 33.2. The maximum absolute atomic E-state index is 5.18. The van der Waals surface area contributed by atoms with Crippen LogP contribution in [-0.4, -0.2) is 9.97 Å². The van der Waals surface area contributed by atoms with Crippen molar-refractivity contribution < 1.29 is 0 Å². The molecule has 0 aliphatic heterocycles. The van der Waals surface area contributed by atoms with Crippen LogP contribution in [-0.2, 0) is 12.8 Å². The molecule has 0 atom stereocenters. The predicted molar refractivity (Wildman–Crippen MR) is 228 cm³/mol. The van der Waals surface area contributed by atoms with Crippen molar-refractivity contribution in [2.45, 2.75) is 26.7 Å². The highest BCUT2D eigenvalue weighted by Gasteiger charge is 2.24. The fraction of sp³-hybridized carbons (Fsp3) is 0.0769. The third-order valence-electron chi connectivity index (χ3n) is 10.6. The molecule has 0 radical (unpaired) electrons. The van der Waals surface area contributed by atoms with E-state index in [0.29, 0.717) is 0 Å². The summed E-state index contributed by atoms with van der Waals surface area (Å²) in [6.07, 6.45) is 1.73. The summed E-state index contributed by atoms with van der Waals surface area (Å²) < 4.78 is 0. The average Bonchev–Trinajstić information content (AvgIpc) is 3.26. The number of aromatic nitrogens is 2. The van der Waals surface area contributed by atoms with Gasteiger partial charge in [-0.05, 0) is 104 Å². The van der Waals surface area contributed by atoms with Gasteiger partial charge in [0.05, 0.1) is 11.0 Å². The number of fused-ring (bicyclic) bond motifs is 3. The summed E-state index contributed by atoms with van der Waals surface area (Å²) in [4.78, 5) is 10.3. The third kappa shape index (κ3) is 6.06. The van der Waals surface area contributed by atoms with E-state index < -0.39 is 0 Å². The average molecular weight is 693 g/mol. The second-order valence-corrected chi connectivity index (χ2v) is 13.8. The molecule has 2 aromatic heterocycles. The number of aryl methyl sites for hydroxylation is 2. The minimum atomic E-state index is 0.840. The molecule has 0 N–H and O–H groups in total. The van der Waals surface area contributed by atoms with Crippen LogP contribution in [0.3, 0.4) is 0 Å². The molecule has 0 spiro atoms. The van der Waals surface area contributed by atoms with Gasteiger partial charge in [-0.3, -0.25) is 9.97 Å². The number of hydrogen-bond acceptors (Lipinski definition) is 2. The minimum absolute atomic E-state index is 0.840. The Kier molecular flexibility index (Phi) is 8.86. The molecule has 0 unspecified atom stereocenters. The zero-order valence-corrected chi connectivity index (χ0v) is 30.6. The molecule has 2 heteroatoms. The van der Waals surface area contributed by atoms with E-state index in [-0.39, 0.29) is 0 Å². The van der Waals surface area contributed by atoms with Crippen LogP contribution in [0.4, 0.5) is 0 Å². The molecule has 9 aromatic rings. The predicted octanol–water partition coefficient (Wildman–Crippen LogP) is 13.9. The van der Waals surface area contributed by atoms with Gasteiger partial charge < -0.3 is 0 Å². The largest absolute Gasteiger partial charge is 0.251 e. The van der Waals surface area contributed by atoms with Crippen LogP contribution in [0.25, 0.3) is 88.6 Å². The zero-order valence-electron chi connectivity index (χ0n) is 30.6. The van der Waals surface area contributed by atoms with E-state index in [0.717, 1.165) is 57.2 Å². The van der Waals surface area contributed by atoms with Gasteiger partial charge in [-0.1, -0.05) is 172 Å². The van der Waals surface area contributed by atoms with E-state index in [9.17, 15) is 0 Å². The number of rotatable bonds is 8. The van der Waals surface area contributed by atoms with Gasteiger partial charge in [0.25, 0.3) is 0 Å². The van der Waals surface area contributed by atoms with Crippen molar-refractivity contribution in [3.05, 3.63) is 193 Å². The Balaban J connectivity index is 1.37. The van der Waals surface area contributed by atoms with Crippen LogP contribution in [0, 0.1) is 0 Å². The molecule has 0 bridgehead atoms. The van der Waals surface area contributed by atoms with Crippen molar-refractivity contribution in [2.24, 2.45) is 0 Å². The van der Waals surface area contributed by atoms with Gasteiger partial charge in [0.15, 0.2) is 0 Å². The van der Waals surface area contributed by atoms with Gasteiger partial charge in [-0.15, -0.1) is 0 Å². The van der Waals surface area contributed by atoms with E-state index in [1.54, 1.807) is 0 Å². The molecule has 9 rings (SSSR count). The van der Waals surface area contributed by atoms with Crippen LogP contribution >= 0.6 is 0 Å². The lowest BCUT2D eigenvalue weighted by molar-refractivity contribution is 1.05. The fourth-order valence-corrected chi connectivity index (χ4v) is 7.89. The van der Waals surface area contributed by atoms with E-state index in [1.165, 1.54) is 55.6 Å². The highest BCUT2D eigenvalue weighted by atomic mass is 14.8. The number of hydrogen-bond donors (Lipinski definition) is 0. The minimum Gasteiger partial charge on any atom is -0.251 e. The van der Waals surface area contributed by atoms with E-state index in [2.05, 4.69) is 196 Å². The van der Waals surface area contributed by atoms with Gasteiger partial charge in [-0.25, -0.2) is 0 Å². The molecule has 0 aliphatic rings. The number of nitrogens with zero attached hydrogens (tertiary/aromatic N) is 2. The summed E-state index contributed by atoms with van der Waals surface area (Å²) in [7, 11) is 0. The molecule has 0 fully saturated rings. The summed E-state index contributed by atoms with van der Waals surface area (Å²) in [6.45, 7) is 4.34. The van der Waals surface area contributed by atoms with Crippen LogP contribution in [0.15, 0.2) is 182 Å². The molecule has 2 nitrogen and oxygen atoms in total. The second-order valence-electron chi connectivity index (χ2n) is 13.8. The first-order valence-corrected chi connectivity index (χ1v) is 19.0. The van der Waals surface area contributed by atoms with Gasteiger partial charge in [-0.2, -0.15) is 0 Å². The lowest BCUT2D eigenvalue weighted by Crippen LogP contribution is -1.98. The summed E-state index contributed by atoms with van der Waals surface area (Å²) in [5, 5.41) is 2.24. The van der Waals surface area contributed by atoms with E-state index in [4.69, 9.17) is 9.97 Å². The van der Waals surface area contributed by atoms with Gasteiger partial charge in [0.1, 0.15) is 0 Å². The maximum atomic E-state index is 5.18. The zero-order chi connectivity index (χ0) is 36.4. The third-order valence-corrected chi connectivity index (χ3v) is 10.6. The van der Waals surface area contributed by atoms with Crippen LogP contribution in [0.2, 0.25) is 0 Å². The molecule has 0 aliphatic carbocycles. The molecule has 0 saturated heterocycles. The first-order chi connectivity index (χ1) is 26.7. The lowest BCUT2D eigenvalue weighted by Gasteiger charge is -2.24. The van der Waals surface area contributed by atoms with Crippen molar-refractivity contribution in [2.75, 3.05) is 0 Å².